The lowest BCUT2D eigenvalue weighted by Gasteiger charge is -2.43. The van der Waals surface area contributed by atoms with Crippen molar-refractivity contribution < 1.29 is 19.2 Å². The zero-order valence-corrected chi connectivity index (χ0v) is 16.8. The average Bonchev–Trinajstić information content (AvgIpc) is 2.68. The van der Waals surface area contributed by atoms with E-state index >= 15 is 0 Å². The van der Waals surface area contributed by atoms with E-state index in [0.29, 0.717) is 12.8 Å². The number of barbiturate groups is 1. The van der Waals surface area contributed by atoms with Gasteiger partial charge >= 0.3 is 6.03 Å². The normalized spacial score (nSPS) is 32.6. The molecule has 2 aliphatic carbocycles. The van der Waals surface area contributed by atoms with Gasteiger partial charge in [0.2, 0.25) is 5.91 Å². The van der Waals surface area contributed by atoms with E-state index in [2.05, 4.69) is 0 Å². The summed E-state index contributed by atoms with van der Waals surface area (Å²) in [4.78, 5) is 53.4. The first-order valence-electron chi connectivity index (χ1n) is 9.77. The van der Waals surface area contributed by atoms with Crippen LogP contribution in [0.2, 0.25) is 0 Å². The van der Waals surface area contributed by atoms with Gasteiger partial charge in [0.25, 0.3) is 5.91 Å². The Kier molecular flexibility index (Phi) is 5.75. The summed E-state index contributed by atoms with van der Waals surface area (Å²) in [5.41, 5.74) is -0.635. The molecule has 2 fully saturated rings. The third-order valence-electron chi connectivity index (χ3n) is 6.24. The molecule has 1 heterocycles. The number of Topliss-reactive ketones (excluding diaryl/α,β-unsaturated/α-hetero) is 1. The van der Waals surface area contributed by atoms with Crippen molar-refractivity contribution in [2.75, 3.05) is 13.6 Å². The van der Waals surface area contributed by atoms with Crippen LogP contribution in [0.3, 0.4) is 0 Å². The van der Waals surface area contributed by atoms with Gasteiger partial charge in [-0.25, -0.2) is 4.79 Å². The molecular formula is C20H27ClN2O4. The van der Waals surface area contributed by atoms with Crippen LogP contribution in [0.1, 0.15) is 58.3 Å². The molecule has 3 unspecified atom stereocenters. The zero-order chi connectivity index (χ0) is 19.8. The quantitative estimate of drug-likeness (QED) is 0.416. The number of hydrogen-bond donors (Lipinski definition) is 0. The lowest BCUT2D eigenvalue weighted by Crippen LogP contribution is -2.64. The molecule has 0 radical (unpaired) electrons. The van der Waals surface area contributed by atoms with Gasteiger partial charge in [-0.2, -0.15) is 0 Å². The van der Waals surface area contributed by atoms with Crippen molar-refractivity contribution in [2.45, 2.75) is 63.7 Å². The average molecular weight is 395 g/mol. The first-order chi connectivity index (χ1) is 12.8. The molecule has 27 heavy (non-hydrogen) atoms. The monoisotopic (exact) mass is 394 g/mol. The molecule has 0 N–H and O–H groups in total. The lowest BCUT2D eigenvalue weighted by molar-refractivity contribution is -0.155. The highest BCUT2D eigenvalue weighted by molar-refractivity contribution is 6.22. The van der Waals surface area contributed by atoms with Crippen LogP contribution in [0.4, 0.5) is 4.79 Å². The highest BCUT2D eigenvalue weighted by Crippen LogP contribution is 2.40. The first kappa shape index (κ1) is 20.1. The molecule has 0 bridgehead atoms. The Morgan fingerprint density at radius 1 is 1.19 bits per heavy atom. The minimum Gasteiger partial charge on any atom is -0.297 e. The number of urea groups is 1. The minimum absolute atomic E-state index is 0.0395. The predicted octanol–water partition coefficient (Wildman–Crippen LogP) is 3.28. The van der Waals surface area contributed by atoms with E-state index in [1.807, 2.05) is 6.08 Å². The van der Waals surface area contributed by atoms with Gasteiger partial charge < -0.3 is 0 Å². The molecule has 3 atom stereocenters. The van der Waals surface area contributed by atoms with Crippen molar-refractivity contribution in [2.24, 2.45) is 11.3 Å². The molecule has 0 aromatic carbocycles. The van der Waals surface area contributed by atoms with E-state index in [1.54, 1.807) is 6.92 Å². The van der Waals surface area contributed by atoms with E-state index in [9.17, 15) is 19.2 Å². The highest BCUT2D eigenvalue weighted by Gasteiger charge is 2.55. The van der Waals surface area contributed by atoms with Gasteiger partial charge in [0.15, 0.2) is 5.78 Å². The number of carbonyl (C=O) groups excluding carboxylic acids is 4. The fraction of sp³-hybridized carbons (Fsp3) is 0.700. The third kappa shape index (κ3) is 3.56. The van der Waals surface area contributed by atoms with E-state index < -0.39 is 23.3 Å². The van der Waals surface area contributed by atoms with Crippen LogP contribution in [0.5, 0.6) is 0 Å². The second-order valence-corrected chi connectivity index (χ2v) is 8.68. The van der Waals surface area contributed by atoms with Crippen LogP contribution in [0, 0.1) is 11.3 Å². The number of halogens is 1. The molecule has 4 amide bonds. The van der Waals surface area contributed by atoms with Crippen molar-refractivity contribution in [1.29, 1.82) is 0 Å². The second-order valence-electron chi connectivity index (χ2n) is 8.07. The van der Waals surface area contributed by atoms with Gasteiger partial charge in [0, 0.05) is 18.3 Å². The molecule has 6 nitrogen and oxygen atoms in total. The summed E-state index contributed by atoms with van der Waals surface area (Å²) in [5, 5.41) is -0.0395. The highest BCUT2D eigenvalue weighted by atomic mass is 35.5. The SMILES string of the molecule is CN1C(=O)N(CC(=O)C2CCCC(Cl)C2)C(=O)C(C)(C2=CCCCC2)C1=O. The Balaban J connectivity index is 1.85. The van der Waals surface area contributed by atoms with Crippen LogP contribution in [0.15, 0.2) is 11.6 Å². The Hall–Kier alpha value is -1.69. The van der Waals surface area contributed by atoms with E-state index in [4.69, 9.17) is 11.6 Å². The molecule has 0 spiro atoms. The molecule has 148 valence electrons. The van der Waals surface area contributed by atoms with Gasteiger partial charge in [-0.05, 0) is 57.4 Å². The van der Waals surface area contributed by atoms with Crippen molar-refractivity contribution in [3.05, 3.63) is 11.6 Å². The summed E-state index contributed by atoms with van der Waals surface area (Å²) in [6, 6.07) is -0.717. The van der Waals surface area contributed by atoms with Crippen molar-refractivity contribution in [3.63, 3.8) is 0 Å². The summed E-state index contributed by atoms with van der Waals surface area (Å²) in [6.45, 7) is 1.30. The van der Waals surface area contributed by atoms with Crippen LogP contribution < -0.4 is 0 Å². The van der Waals surface area contributed by atoms with Crippen LogP contribution in [-0.4, -0.2) is 52.4 Å². The number of allylic oxidation sites excluding steroid dienone is 1. The number of rotatable bonds is 4. The molecule has 0 aromatic heterocycles. The third-order valence-corrected chi connectivity index (χ3v) is 6.63. The Bertz CT molecular complexity index is 704. The summed E-state index contributed by atoms with van der Waals surface area (Å²) in [6.07, 6.45) is 8.44. The van der Waals surface area contributed by atoms with Gasteiger partial charge in [-0.15, -0.1) is 11.6 Å². The number of amides is 4. The van der Waals surface area contributed by atoms with E-state index in [-0.39, 0.29) is 23.6 Å². The summed E-state index contributed by atoms with van der Waals surface area (Å²) < 4.78 is 0. The number of carbonyl (C=O) groups is 4. The fourth-order valence-corrected chi connectivity index (χ4v) is 4.83. The molecule has 3 rings (SSSR count). The Labute approximate surface area is 164 Å². The van der Waals surface area contributed by atoms with Crippen molar-refractivity contribution >= 4 is 35.2 Å². The number of alkyl halides is 1. The number of ketones is 1. The maximum atomic E-state index is 13.2. The van der Waals surface area contributed by atoms with Gasteiger partial charge in [0.1, 0.15) is 5.41 Å². The molecule has 1 saturated carbocycles. The maximum Gasteiger partial charge on any atom is 0.333 e. The molecule has 1 saturated heterocycles. The predicted molar refractivity (Wildman–Crippen MR) is 101 cm³/mol. The first-order valence-corrected chi connectivity index (χ1v) is 10.2. The molecule has 0 aromatic rings. The van der Waals surface area contributed by atoms with Crippen LogP contribution in [-0.2, 0) is 14.4 Å². The standard InChI is InChI=1S/C20H27ClN2O4/c1-20(14-8-4-3-5-9-14)17(25)22(2)19(27)23(18(20)26)12-16(24)13-7-6-10-15(21)11-13/h8,13,15H,3-7,9-12H2,1-2H3. The van der Waals surface area contributed by atoms with Crippen molar-refractivity contribution in [1.82, 2.24) is 9.80 Å². The number of imide groups is 2. The van der Waals surface area contributed by atoms with E-state index in [0.717, 1.165) is 53.9 Å². The largest absolute Gasteiger partial charge is 0.333 e. The molecule has 7 heteroatoms. The van der Waals surface area contributed by atoms with Gasteiger partial charge in [-0.3, -0.25) is 24.2 Å². The molecule has 1 aliphatic heterocycles. The number of nitrogens with zero attached hydrogens (tertiary/aromatic N) is 2. The summed E-state index contributed by atoms with van der Waals surface area (Å²) in [5.74, 6) is -1.46. The molecular weight excluding hydrogens is 368 g/mol. The van der Waals surface area contributed by atoms with Crippen molar-refractivity contribution in [3.8, 4) is 0 Å². The topological polar surface area (TPSA) is 74.8 Å². The van der Waals surface area contributed by atoms with E-state index in [1.165, 1.54) is 7.05 Å². The van der Waals surface area contributed by atoms with Crippen LogP contribution >= 0.6 is 11.6 Å². The van der Waals surface area contributed by atoms with Crippen LogP contribution in [0.25, 0.3) is 0 Å². The summed E-state index contributed by atoms with van der Waals surface area (Å²) in [7, 11) is 1.38. The zero-order valence-electron chi connectivity index (χ0n) is 16.0. The lowest BCUT2D eigenvalue weighted by atomic mass is 9.73. The van der Waals surface area contributed by atoms with Gasteiger partial charge in [0.05, 0.1) is 6.54 Å². The maximum absolute atomic E-state index is 13.2. The summed E-state index contributed by atoms with van der Waals surface area (Å²) >= 11 is 6.18. The Morgan fingerprint density at radius 3 is 2.56 bits per heavy atom. The minimum atomic E-state index is -1.40. The van der Waals surface area contributed by atoms with Gasteiger partial charge in [-0.1, -0.05) is 12.5 Å². The second kappa shape index (κ2) is 7.74. The Morgan fingerprint density at radius 2 is 1.93 bits per heavy atom. The smallest absolute Gasteiger partial charge is 0.297 e. The fourth-order valence-electron chi connectivity index (χ4n) is 4.47. The number of hydrogen-bond acceptors (Lipinski definition) is 4. The molecule has 3 aliphatic rings.